The van der Waals surface area contributed by atoms with Crippen molar-refractivity contribution in [1.82, 2.24) is 15.1 Å². The van der Waals surface area contributed by atoms with E-state index in [2.05, 4.69) is 10.2 Å². The highest BCUT2D eigenvalue weighted by Crippen LogP contribution is 2.32. The van der Waals surface area contributed by atoms with Gasteiger partial charge in [-0.15, -0.1) is 0 Å². The van der Waals surface area contributed by atoms with Gasteiger partial charge in [0.25, 0.3) is 0 Å². The number of rotatable bonds is 4. The van der Waals surface area contributed by atoms with Crippen molar-refractivity contribution in [3.8, 4) is 0 Å². The summed E-state index contributed by atoms with van der Waals surface area (Å²) >= 11 is 0. The molecule has 8 heteroatoms. The number of carbonyl (C=O) groups is 2. The Bertz CT molecular complexity index is 806. The van der Waals surface area contributed by atoms with E-state index in [0.717, 1.165) is 18.9 Å². The number of benzene rings is 1. The molecule has 0 saturated carbocycles. The summed E-state index contributed by atoms with van der Waals surface area (Å²) in [7, 11) is 0. The molecule has 1 unspecified atom stereocenters. The highest BCUT2D eigenvalue weighted by atomic mass is 19.2. The first kappa shape index (κ1) is 17.1. The Balaban J connectivity index is 1.85. The molecular weight excluding hydrogens is 332 g/mol. The summed E-state index contributed by atoms with van der Waals surface area (Å²) in [5.74, 6) is -3.53. The number of carbonyl (C=O) groups excluding carboxylic acids is 1. The number of amides is 1. The molecule has 0 spiro atoms. The molecule has 0 radical (unpaired) electrons. The van der Waals surface area contributed by atoms with Crippen LogP contribution in [0.4, 0.5) is 8.78 Å². The largest absolute Gasteiger partial charge is 0.478 e. The molecular formula is C17H17F2N3O3. The average Bonchev–Trinajstić information content (AvgIpc) is 3.09. The predicted octanol–water partition coefficient (Wildman–Crippen LogP) is 2.68. The number of carboxylic acid groups (broad SMARTS) is 1. The predicted molar refractivity (Wildman–Crippen MR) is 83.9 cm³/mol. The summed E-state index contributed by atoms with van der Waals surface area (Å²) in [6, 6.07) is 3.25. The van der Waals surface area contributed by atoms with E-state index in [1.807, 2.05) is 0 Å². The lowest BCUT2D eigenvalue weighted by atomic mass is 9.96. The molecule has 6 nitrogen and oxygen atoms in total. The number of H-pyrrole nitrogens is 1. The lowest BCUT2D eigenvalue weighted by molar-refractivity contribution is -0.134. The number of aromatic amines is 1. The number of aromatic nitrogens is 2. The van der Waals surface area contributed by atoms with Crippen molar-refractivity contribution in [2.75, 3.05) is 6.54 Å². The molecule has 1 aromatic heterocycles. The van der Waals surface area contributed by atoms with E-state index >= 15 is 0 Å². The number of hydrogen-bond acceptors (Lipinski definition) is 3. The van der Waals surface area contributed by atoms with Crippen molar-refractivity contribution in [1.29, 1.82) is 0 Å². The van der Waals surface area contributed by atoms with Crippen LogP contribution in [0.1, 0.15) is 46.9 Å². The molecule has 25 heavy (non-hydrogen) atoms. The van der Waals surface area contributed by atoms with Gasteiger partial charge in [-0.05, 0) is 25.3 Å². The van der Waals surface area contributed by atoms with Crippen molar-refractivity contribution in [2.45, 2.75) is 31.7 Å². The Hall–Kier alpha value is -2.77. The molecule has 1 fully saturated rings. The standard InChI is InChI=1S/C17H17F2N3O3/c18-12-5-3-4-10(15(12)19)8-14(23)22-7-2-1-6-13(22)16-11(17(24)25)9-20-21-16/h3-5,9,13H,1-2,6-8H2,(H,20,21)(H,24,25). The second-order valence-corrected chi connectivity index (χ2v) is 5.99. The van der Waals surface area contributed by atoms with E-state index in [1.165, 1.54) is 23.2 Å². The van der Waals surface area contributed by atoms with Gasteiger partial charge < -0.3 is 10.0 Å². The number of halogens is 2. The number of hydrogen-bond donors (Lipinski definition) is 2. The van der Waals surface area contributed by atoms with Crippen molar-refractivity contribution in [3.05, 3.63) is 52.9 Å². The van der Waals surface area contributed by atoms with E-state index in [4.69, 9.17) is 0 Å². The Labute approximate surface area is 142 Å². The third-order valence-electron chi connectivity index (χ3n) is 4.43. The zero-order valence-corrected chi connectivity index (χ0v) is 13.3. The van der Waals surface area contributed by atoms with Gasteiger partial charge >= 0.3 is 5.97 Å². The number of likely N-dealkylation sites (tertiary alicyclic amines) is 1. The quantitative estimate of drug-likeness (QED) is 0.889. The number of carboxylic acids is 1. The maximum Gasteiger partial charge on any atom is 0.339 e. The molecule has 0 aliphatic carbocycles. The topological polar surface area (TPSA) is 86.3 Å². The molecule has 1 aliphatic heterocycles. The Kier molecular flexibility index (Phi) is 4.78. The summed E-state index contributed by atoms with van der Waals surface area (Å²) in [6.07, 6.45) is 3.11. The van der Waals surface area contributed by atoms with E-state index < -0.39 is 23.6 Å². The van der Waals surface area contributed by atoms with Gasteiger partial charge in [-0.25, -0.2) is 13.6 Å². The van der Waals surface area contributed by atoms with Crippen LogP contribution in [0.3, 0.4) is 0 Å². The summed E-state index contributed by atoms with van der Waals surface area (Å²) in [6.45, 7) is 0.429. The van der Waals surface area contributed by atoms with Gasteiger partial charge in [0.2, 0.25) is 5.91 Å². The minimum Gasteiger partial charge on any atom is -0.478 e. The summed E-state index contributed by atoms with van der Waals surface area (Å²) in [5.41, 5.74) is 0.360. The number of piperidine rings is 1. The number of nitrogens with zero attached hydrogens (tertiary/aromatic N) is 2. The Morgan fingerprint density at radius 1 is 1.32 bits per heavy atom. The van der Waals surface area contributed by atoms with Crippen LogP contribution in [0.5, 0.6) is 0 Å². The van der Waals surface area contributed by atoms with Gasteiger partial charge in [-0.2, -0.15) is 5.10 Å². The van der Waals surface area contributed by atoms with E-state index in [9.17, 15) is 23.5 Å². The molecule has 1 amide bonds. The average molecular weight is 349 g/mol. The molecule has 1 atom stereocenters. The van der Waals surface area contributed by atoms with Gasteiger partial charge in [-0.3, -0.25) is 9.89 Å². The van der Waals surface area contributed by atoms with Crippen molar-refractivity contribution < 1.29 is 23.5 Å². The molecule has 2 aromatic rings. The van der Waals surface area contributed by atoms with Crippen LogP contribution in [-0.2, 0) is 11.2 Å². The van der Waals surface area contributed by atoms with Crippen LogP contribution < -0.4 is 0 Å². The Morgan fingerprint density at radius 2 is 2.12 bits per heavy atom. The fourth-order valence-corrected chi connectivity index (χ4v) is 3.20. The molecule has 132 valence electrons. The maximum absolute atomic E-state index is 13.8. The van der Waals surface area contributed by atoms with Gasteiger partial charge in [0, 0.05) is 12.1 Å². The van der Waals surface area contributed by atoms with E-state index in [0.29, 0.717) is 18.7 Å². The summed E-state index contributed by atoms with van der Waals surface area (Å²) < 4.78 is 27.2. The molecule has 1 aliphatic rings. The van der Waals surface area contributed by atoms with Crippen LogP contribution in [0.25, 0.3) is 0 Å². The highest BCUT2D eigenvalue weighted by molar-refractivity contribution is 5.89. The minimum absolute atomic E-state index is 0.0154. The van der Waals surface area contributed by atoms with Crippen molar-refractivity contribution >= 4 is 11.9 Å². The van der Waals surface area contributed by atoms with Crippen LogP contribution in [0, 0.1) is 11.6 Å². The number of nitrogens with one attached hydrogen (secondary N) is 1. The monoisotopic (exact) mass is 349 g/mol. The molecule has 3 rings (SSSR count). The third kappa shape index (κ3) is 3.38. The molecule has 2 N–H and O–H groups in total. The zero-order chi connectivity index (χ0) is 18.0. The molecule has 1 saturated heterocycles. The SMILES string of the molecule is O=C(O)c1cn[nH]c1C1CCCCN1C(=O)Cc1cccc(F)c1F. The second-order valence-electron chi connectivity index (χ2n) is 5.99. The molecule has 1 aromatic carbocycles. The van der Waals surface area contributed by atoms with Crippen LogP contribution >= 0.6 is 0 Å². The highest BCUT2D eigenvalue weighted by Gasteiger charge is 2.32. The van der Waals surface area contributed by atoms with Gasteiger partial charge in [-0.1, -0.05) is 12.1 Å². The van der Waals surface area contributed by atoms with Crippen LogP contribution in [0.2, 0.25) is 0 Å². The third-order valence-corrected chi connectivity index (χ3v) is 4.43. The summed E-state index contributed by atoms with van der Waals surface area (Å²) in [5, 5.41) is 15.7. The van der Waals surface area contributed by atoms with Crippen molar-refractivity contribution in [2.24, 2.45) is 0 Å². The smallest absolute Gasteiger partial charge is 0.339 e. The minimum atomic E-state index is -1.13. The van der Waals surface area contributed by atoms with Gasteiger partial charge in [0.05, 0.1) is 24.4 Å². The lowest BCUT2D eigenvalue weighted by Gasteiger charge is -2.35. The van der Waals surface area contributed by atoms with Gasteiger partial charge in [0.1, 0.15) is 5.56 Å². The summed E-state index contributed by atoms with van der Waals surface area (Å²) in [4.78, 5) is 25.5. The fourth-order valence-electron chi connectivity index (χ4n) is 3.20. The molecule has 0 bridgehead atoms. The first-order valence-corrected chi connectivity index (χ1v) is 7.98. The molecule has 2 heterocycles. The van der Waals surface area contributed by atoms with E-state index in [1.54, 1.807) is 0 Å². The van der Waals surface area contributed by atoms with Gasteiger partial charge in [0.15, 0.2) is 11.6 Å². The lowest BCUT2D eigenvalue weighted by Crippen LogP contribution is -2.40. The van der Waals surface area contributed by atoms with Crippen LogP contribution in [0.15, 0.2) is 24.4 Å². The first-order valence-electron chi connectivity index (χ1n) is 7.98. The normalized spacial score (nSPS) is 17.5. The van der Waals surface area contributed by atoms with E-state index in [-0.39, 0.29) is 23.5 Å². The van der Waals surface area contributed by atoms with Crippen molar-refractivity contribution in [3.63, 3.8) is 0 Å². The first-order chi connectivity index (χ1) is 12.0. The Morgan fingerprint density at radius 3 is 2.88 bits per heavy atom. The van der Waals surface area contributed by atoms with Crippen LogP contribution in [-0.4, -0.2) is 38.6 Å². The maximum atomic E-state index is 13.8. The zero-order valence-electron chi connectivity index (χ0n) is 13.3. The fraction of sp³-hybridized carbons (Fsp3) is 0.353. The number of aromatic carboxylic acids is 1. The second kappa shape index (κ2) is 7.00.